The van der Waals surface area contributed by atoms with Crippen molar-refractivity contribution in [1.29, 1.82) is 0 Å². The molecule has 1 fully saturated rings. The minimum absolute atomic E-state index is 0.0103. The smallest absolute Gasteiger partial charge is 0.341 e. The number of esters is 1. The summed E-state index contributed by atoms with van der Waals surface area (Å²) in [5.41, 5.74) is 1.02. The van der Waals surface area contributed by atoms with Crippen LogP contribution in [0.5, 0.6) is 0 Å². The van der Waals surface area contributed by atoms with E-state index in [9.17, 15) is 18.8 Å². The summed E-state index contributed by atoms with van der Waals surface area (Å²) in [6.45, 7) is 6.45. The summed E-state index contributed by atoms with van der Waals surface area (Å²) >= 11 is 5.92. The summed E-state index contributed by atoms with van der Waals surface area (Å²) in [4.78, 5) is 48.9. The quantitative estimate of drug-likeness (QED) is 0.399. The highest BCUT2D eigenvalue weighted by atomic mass is 35.5. The highest BCUT2D eigenvalue weighted by Gasteiger charge is 2.53. The Balaban J connectivity index is 1.70. The number of rotatable bonds is 8. The Kier molecular flexibility index (Phi) is 8.15. The number of nitrogens with one attached hydrogen (secondary N) is 2. The molecule has 2 heterocycles. The average Bonchev–Trinajstić information content (AvgIpc) is 2.90. The van der Waals surface area contributed by atoms with Crippen molar-refractivity contribution in [3.63, 3.8) is 0 Å². The first-order valence-corrected chi connectivity index (χ1v) is 12.8. The SMILES string of the molecule is CCOC(=O)c1cnc(N2CC(C(=O)Nc3cc(F)c(Cl)cc3C(=O)NC)(c3ccccc3C(C)C)C2)nc1. The Morgan fingerprint density at radius 1 is 1.15 bits per heavy atom. The van der Waals surface area contributed by atoms with E-state index in [-0.39, 0.29) is 47.5 Å². The van der Waals surface area contributed by atoms with Gasteiger partial charge in [-0.3, -0.25) is 9.59 Å². The van der Waals surface area contributed by atoms with Crippen LogP contribution in [0.4, 0.5) is 16.0 Å². The number of hydrogen-bond donors (Lipinski definition) is 2. The van der Waals surface area contributed by atoms with Crippen molar-refractivity contribution in [2.75, 3.05) is 37.0 Å². The van der Waals surface area contributed by atoms with E-state index in [2.05, 4.69) is 20.6 Å². The van der Waals surface area contributed by atoms with Gasteiger partial charge in [0.1, 0.15) is 11.2 Å². The maximum Gasteiger partial charge on any atom is 0.341 e. The molecule has 4 rings (SSSR count). The van der Waals surface area contributed by atoms with Crippen LogP contribution in [0.2, 0.25) is 5.02 Å². The molecule has 0 radical (unpaired) electrons. The highest BCUT2D eigenvalue weighted by Crippen LogP contribution is 2.41. The molecule has 1 saturated heterocycles. The van der Waals surface area contributed by atoms with Crippen molar-refractivity contribution in [3.8, 4) is 0 Å². The van der Waals surface area contributed by atoms with Crippen LogP contribution in [0, 0.1) is 5.82 Å². The van der Waals surface area contributed by atoms with Crippen LogP contribution >= 0.6 is 11.6 Å². The van der Waals surface area contributed by atoms with E-state index >= 15 is 0 Å². The van der Waals surface area contributed by atoms with Crippen molar-refractivity contribution in [2.45, 2.75) is 32.1 Å². The number of halogens is 2. The lowest BCUT2D eigenvalue weighted by atomic mass is 9.69. The molecule has 1 aliphatic rings. The predicted octanol–water partition coefficient (Wildman–Crippen LogP) is 4.33. The number of carbonyl (C=O) groups is 3. The van der Waals surface area contributed by atoms with Crippen LogP contribution in [0.1, 0.15) is 58.5 Å². The van der Waals surface area contributed by atoms with E-state index in [0.29, 0.717) is 5.95 Å². The van der Waals surface area contributed by atoms with Crippen LogP contribution in [-0.2, 0) is 14.9 Å². The predicted molar refractivity (Wildman–Crippen MR) is 146 cm³/mol. The fourth-order valence-corrected chi connectivity index (χ4v) is 4.80. The lowest BCUT2D eigenvalue weighted by Crippen LogP contribution is -2.66. The zero-order valence-corrected chi connectivity index (χ0v) is 22.8. The molecule has 2 N–H and O–H groups in total. The zero-order chi connectivity index (χ0) is 28.3. The monoisotopic (exact) mass is 553 g/mol. The molecule has 39 heavy (non-hydrogen) atoms. The first kappa shape index (κ1) is 28.0. The molecule has 1 aliphatic heterocycles. The molecule has 3 aromatic rings. The third-order valence-electron chi connectivity index (χ3n) is 6.67. The van der Waals surface area contributed by atoms with Crippen LogP contribution in [-0.4, -0.2) is 54.5 Å². The number of nitrogens with zero attached hydrogens (tertiary/aromatic N) is 3. The Morgan fingerprint density at radius 2 is 1.82 bits per heavy atom. The number of amides is 2. The Labute approximate surface area is 230 Å². The maximum absolute atomic E-state index is 14.4. The maximum atomic E-state index is 14.4. The summed E-state index contributed by atoms with van der Waals surface area (Å²) in [5.74, 6) is -1.75. The molecular weight excluding hydrogens is 525 g/mol. The van der Waals surface area contributed by atoms with Gasteiger partial charge in [0, 0.05) is 32.5 Å². The van der Waals surface area contributed by atoms with Crippen LogP contribution in [0.3, 0.4) is 0 Å². The molecule has 0 atom stereocenters. The lowest BCUT2D eigenvalue weighted by Gasteiger charge is -2.50. The topological polar surface area (TPSA) is 114 Å². The van der Waals surface area contributed by atoms with E-state index < -0.39 is 29.0 Å². The number of benzene rings is 2. The number of ether oxygens (including phenoxy) is 1. The molecule has 0 bridgehead atoms. The van der Waals surface area contributed by atoms with Gasteiger partial charge in [-0.15, -0.1) is 0 Å². The van der Waals surface area contributed by atoms with Crippen molar-refractivity contribution in [1.82, 2.24) is 15.3 Å². The molecule has 1 aromatic heterocycles. The van der Waals surface area contributed by atoms with Crippen LogP contribution < -0.4 is 15.5 Å². The third kappa shape index (κ3) is 5.42. The third-order valence-corrected chi connectivity index (χ3v) is 6.96. The number of aromatic nitrogens is 2. The second-order valence-electron chi connectivity index (χ2n) is 9.52. The summed E-state index contributed by atoms with van der Waals surface area (Å²) in [7, 11) is 1.43. The molecule has 11 heteroatoms. The van der Waals surface area contributed by atoms with Gasteiger partial charge in [-0.1, -0.05) is 49.7 Å². The largest absolute Gasteiger partial charge is 0.462 e. The second kappa shape index (κ2) is 11.4. The summed E-state index contributed by atoms with van der Waals surface area (Å²) in [5, 5.41) is 5.04. The van der Waals surface area contributed by atoms with Crippen LogP contribution in [0.15, 0.2) is 48.8 Å². The Bertz CT molecular complexity index is 1410. The number of hydrogen-bond acceptors (Lipinski definition) is 7. The Hall–Kier alpha value is -4.05. The van der Waals surface area contributed by atoms with Gasteiger partial charge in [-0.2, -0.15) is 0 Å². The first-order valence-electron chi connectivity index (χ1n) is 12.5. The van der Waals surface area contributed by atoms with Gasteiger partial charge in [-0.25, -0.2) is 19.2 Å². The second-order valence-corrected chi connectivity index (χ2v) is 9.92. The molecular formula is C28H29ClFN5O4. The number of anilines is 2. The zero-order valence-electron chi connectivity index (χ0n) is 22.0. The van der Waals surface area contributed by atoms with Gasteiger partial charge in [0.15, 0.2) is 0 Å². The van der Waals surface area contributed by atoms with Crippen molar-refractivity contribution in [2.24, 2.45) is 0 Å². The van der Waals surface area contributed by atoms with Gasteiger partial charge in [0.2, 0.25) is 11.9 Å². The molecule has 2 aromatic carbocycles. The number of carbonyl (C=O) groups excluding carboxylic acids is 3. The minimum Gasteiger partial charge on any atom is -0.462 e. The fourth-order valence-electron chi connectivity index (χ4n) is 4.64. The molecule has 0 spiro atoms. The molecule has 9 nitrogen and oxygen atoms in total. The van der Waals surface area contributed by atoms with E-state index in [1.54, 1.807) is 6.92 Å². The Morgan fingerprint density at radius 3 is 2.44 bits per heavy atom. The van der Waals surface area contributed by atoms with Crippen molar-refractivity contribution in [3.05, 3.63) is 81.9 Å². The van der Waals surface area contributed by atoms with Gasteiger partial charge in [0.05, 0.1) is 28.4 Å². The van der Waals surface area contributed by atoms with E-state index in [0.717, 1.165) is 17.2 Å². The average molecular weight is 554 g/mol. The van der Waals surface area contributed by atoms with Gasteiger partial charge in [-0.05, 0) is 36.1 Å². The van der Waals surface area contributed by atoms with E-state index in [1.165, 1.54) is 25.5 Å². The molecule has 0 saturated carbocycles. The highest BCUT2D eigenvalue weighted by molar-refractivity contribution is 6.31. The van der Waals surface area contributed by atoms with E-state index in [4.69, 9.17) is 16.3 Å². The van der Waals surface area contributed by atoms with Gasteiger partial charge >= 0.3 is 5.97 Å². The standard InChI is InChI=1S/C28H29ClFN5O4/c1-5-39-25(37)17-12-32-27(33-13-17)35-14-28(15-35,20-9-7-6-8-18(20)16(2)3)26(38)34-23-11-22(30)21(29)10-19(23)24(36)31-4/h6-13,16H,5,14-15H2,1-4H3,(H,31,36)(H,34,38). The summed E-state index contributed by atoms with van der Waals surface area (Å²) < 4.78 is 19.4. The molecule has 204 valence electrons. The van der Waals surface area contributed by atoms with Crippen molar-refractivity contribution >= 4 is 41.0 Å². The lowest BCUT2D eigenvalue weighted by molar-refractivity contribution is -0.122. The normalized spacial score (nSPS) is 14.0. The van der Waals surface area contributed by atoms with Crippen LogP contribution in [0.25, 0.3) is 0 Å². The summed E-state index contributed by atoms with van der Waals surface area (Å²) in [6.07, 6.45) is 2.77. The van der Waals surface area contributed by atoms with Crippen molar-refractivity contribution < 1.29 is 23.5 Å². The molecule has 0 unspecified atom stereocenters. The van der Waals surface area contributed by atoms with Gasteiger partial charge in [0.25, 0.3) is 5.91 Å². The van der Waals surface area contributed by atoms with E-state index in [1.807, 2.05) is 43.0 Å². The minimum atomic E-state index is -1.06. The molecule has 2 amide bonds. The van der Waals surface area contributed by atoms with Gasteiger partial charge < -0.3 is 20.3 Å². The fraction of sp³-hybridized carbons (Fsp3) is 0.321. The first-order chi connectivity index (χ1) is 18.6. The summed E-state index contributed by atoms with van der Waals surface area (Å²) in [6, 6.07) is 9.88. The molecule has 0 aliphatic carbocycles.